The lowest BCUT2D eigenvalue weighted by Gasteiger charge is -2.03. The molecular formula is C10H15N3. The third-order valence-electron chi connectivity index (χ3n) is 1.66. The van der Waals surface area contributed by atoms with Gasteiger partial charge in [0.2, 0.25) is 0 Å². The molecule has 0 saturated heterocycles. The van der Waals surface area contributed by atoms with E-state index in [1.807, 2.05) is 49.7 Å². The fourth-order valence-corrected chi connectivity index (χ4v) is 0.879. The number of hydrogen-bond donors (Lipinski definition) is 3. The van der Waals surface area contributed by atoms with Crippen LogP contribution in [0.3, 0.4) is 0 Å². The van der Waals surface area contributed by atoms with Gasteiger partial charge in [-0.05, 0) is 31.5 Å². The first-order valence-corrected chi connectivity index (χ1v) is 4.24. The van der Waals surface area contributed by atoms with Crippen LogP contribution in [0.2, 0.25) is 0 Å². The minimum atomic E-state index is -0.101. The quantitative estimate of drug-likeness (QED) is 0.604. The van der Waals surface area contributed by atoms with Crippen molar-refractivity contribution in [3.8, 4) is 0 Å². The zero-order chi connectivity index (χ0) is 9.52. The molecule has 1 atom stereocenters. The molecule has 70 valence electrons. The summed E-state index contributed by atoms with van der Waals surface area (Å²) >= 11 is 0. The number of hydrogen-bond acceptors (Lipinski definition) is 3. The highest BCUT2D eigenvalue weighted by atomic mass is 15.0. The number of para-hydroxylation sites is 1. The molecule has 0 aliphatic carbocycles. The highest BCUT2D eigenvalue weighted by Gasteiger charge is 1.88. The Bertz CT molecular complexity index is 256. The van der Waals surface area contributed by atoms with E-state index in [4.69, 9.17) is 5.73 Å². The zero-order valence-electron chi connectivity index (χ0n) is 7.70. The number of nitrogens with one attached hydrogen (secondary N) is 2. The molecule has 0 bridgehead atoms. The van der Waals surface area contributed by atoms with Gasteiger partial charge < -0.3 is 16.4 Å². The summed E-state index contributed by atoms with van der Waals surface area (Å²) < 4.78 is 0. The second kappa shape index (κ2) is 5.35. The van der Waals surface area contributed by atoms with Gasteiger partial charge in [0.1, 0.15) is 0 Å². The molecule has 3 nitrogen and oxygen atoms in total. The maximum absolute atomic E-state index is 5.60. The van der Waals surface area contributed by atoms with Gasteiger partial charge >= 0.3 is 0 Å². The number of anilines is 1. The smallest absolute Gasteiger partial charge is 0.0753 e. The Hall–Kier alpha value is -1.32. The summed E-state index contributed by atoms with van der Waals surface area (Å²) in [5.41, 5.74) is 6.66. The van der Waals surface area contributed by atoms with Crippen molar-refractivity contribution in [2.24, 2.45) is 5.73 Å². The van der Waals surface area contributed by atoms with E-state index in [1.165, 1.54) is 0 Å². The molecule has 0 aliphatic rings. The molecule has 0 heterocycles. The maximum atomic E-state index is 5.60. The van der Waals surface area contributed by atoms with E-state index in [0.29, 0.717) is 0 Å². The van der Waals surface area contributed by atoms with Crippen LogP contribution in [-0.4, -0.2) is 13.2 Å². The van der Waals surface area contributed by atoms with E-state index in [1.54, 1.807) is 0 Å². The first-order chi connectivity index (χ1) is 6.33. The predicted molar refractivity (Wildman–Crippen MR) is 56.2 cm³/mol. The van der Waals surface area contributed by atoms with E-state index in [9.17, 15) is 0 Å². The molecule has 0 amide bonds. The van der Waals surface area contributed by atoms with Crippen molar-refractivity contribution in [3.05, 3.63) is 42.6 Å². The van der Waals surface area contributed by atoms with E-state index in [-0.39, 0.29) is 6.17 Å². The molecule has 1 aromatic rings. The van der Waals surface area contributed by atoms with Crippen molar-refractivity contribution in [1.82, 2.24) is 5.32 Å². The summed E-state index contributed by atoms with van der Waals surface area (Å²) in [7, 11) is 1.82. The van der Waals surface area contributed by atoms with Crippen LogP contribution in [0.25, 0.3) is 0 Å². The van der Waals surface area contributed by atoms with Crippen molar-refractivity contribution in [2.45, 2.75) is 6.17 Å². The van der Waals surface area contributed by atoms with Crippen LogP contribution in [0.5, 0.6) is 0 Å². The SMILES string of the molecule is CNC(N)/C=C\Nc1ccccc1. The van der Waals surface area contributed by atoms with Crippen molar-refractivity contribution in [1.29, 1.82) is 0 Å². The summed E-state index contributed by atoms with van der Waals surface area (Å²) in [6.07, 6.45) is 3.58. The molecular weight excluding hydrogens is 162 g/mol. The number of benzene rings is 1. The summed E-state index contributed by atoms with van der Waals surface area (Å²) in [6, 6.07) is 9.93. The van der Waals surface area contributed by atoms with Crippen LogP contribution in [0.1, 0.15) is 0 Å². The standard InChI is InChI=1S/C10H15N3/c1-12-10(11)7-8-13-9-5-3-2-4-6-9/h2-8,10,12-13H,11H2,1H3/b8-7-. The predicted octanol–water partition coefficient (Wildman–Crippen LogP) is 1.12. The van der Waals surface area contributed by atoms with Crippen LogP contribution < -0.4 is 16.4 Å². The van der Waals surface area contributed by atoms with Gasteiger partial charge in [-0.3, -0.25) is 0 Å². The first-order valence-electron chi connectivity index (χ1n) is 4.24. The van der Waals surface area contributed by atoms with Crippen molar-refractivity contribution in [2.75, 3.05) is 12.4 Å². The second-order valence-electron chi connectivity index (χ2n) is 2.68. The van der Waals surface area contributed by atoms with Crippen molar-refractivity contribution < 1.29 is 0 Å². The molecule has 13 heavy (non-hydrogen) atoms. The van der Waals surface area contributed by atoms with Crippen LogP contribution in [0.15, 0.2) is 42.6 Å². The van der Waals surface area contributed by atoms with Crippen LogP contribution >= 0.6 is 0 Å². The summed E-state index contributed by atoms with van der Waals surface area (Å²) in [4.78, 5) is 0. The summed E-state index contributed by atoms with van der Waals surface area (Å²) in [5.74, 6) is 0. The molecule has 0 fully saturated rings. The minimum absolute atomic E-state index is 0.101. The van der Waals surface area contributed by atoms with Crippen molar-refractivity contribution >= 4 is 5.69 Å². The first kappa shape index (κ1) is 9.77. The third-order valence-corrected chi connectivity index (χ3v) is 1.66. The second-order valence-corrected chi connectivity index (χ2v) is 2.68. The molecule has 0 spiro atoms. The van der Waals surface area contributed by atoms with E-state index in [2.05, 4.69) is 10.6 Å². The fraction of sp³-hybridized carbons (Fsp3) is 0.200. The van der Waals surface area contributed by atoms with Crippen LogP contribution in [0.4, 0.5) is 5.69 Å². The maximum Gasteiger partial charge on any atom is 0.0753 e. The number of likely N-dealkylation sites (N-methyl/N-ethyl adjacent to an activating group) is 1. The van der Waals surface area contributed by atoms with Gasteiger partial charge in [-0.25, -0.2) is 0 Å². The lowest BCUT2D eigenvalue weighted by Crippen LogP contribution is -2.32. The van der Waals surface area contributed by atoms with E-state index >= 15 is 0 Å². The zero-order valence-corrected chi connectivity index (χ0v) is 7.70. The van der Waals surface area contributed by atoms with Crippen molar-refractivity contribution in [3.63, 3.8) is 0 Å². The van der Waals surface area contributed by atoms with Crippen LogP contribution in [0, 0.1) is 0 Å². The van der Waals surface area contributed by atoms with E-state index in [0.717, 1.165) is 5.69 Å². The monoisotopic (exact) mass is 177 g/mol. The van der Waals surface area contributed by atoms with Gasteiger partial charge in [0.05, 0.1) is 6.17 Å². The summed E-state index contributed by atoms with van der Waals surface area (Å²) in [5, 5.41) is 6.01. The minimum Gasteiger partial charge on any atom is -0.362 e. The average Bonchev–Trinajstić information content (AvgIpc) is 2.19. The fourth-order valence-electron chi connectivity index (χ4n) is 0.879. The van der Waals surface area contributed by atoms with Gasteiger partial charge in [-0.15, -0.1) is 0 Å². The third kappa shape index (κ3) is 3.73. The highest BCUT2D eigenvalue weighted by Crippen LogP contribution is 2.03. The molecule has 1 rings (SSSR count). The topological polar surface area (TPSA) is 50.1 Å². The Morgan fingerprint density at radius 2 is 2.00 bits per heavy atom. The normalized spacial score (nSPS) is 13.1. The molecule has 0 saturated carbocycles. The Morgan fingerprint density at radius 3 is 2.62 bits per heavy atom. The molecule has 1 aromatic carbocycles. The lowest BCUT2D eigenvalue weighted by molar-refractivity contribution is 0.698. The molecule has 0 aliphatic heterocycles. The Labute approximate surface area is 78.6 Å². The average molecular weight is 177 g/mol. The van der Waals surface area contributed by atoms with Gasteiger partial charge in [0.25, 0.3) is 0 Å². The number of nitrogens with two attached hydrogens (primary N) is 1. The molecule has 4 N–H and O–H groups in total. The molecule has 0 aromatic heterocycles. The summed E-state index contributed by atoms with van der Waals surface area (Å²) in [6.45, 7) is 0. The number of rotatable bonds is 4. The van der Waals surface area contributed by atoms with Gasteiger partial charge in [0, 0.05) is 5.69 Å². The molecule has 0 radical (unpaired) electrons. The largest absolute Gasteiger partial charge is 0.362 e. The Morgan fingerprint density at radius 1 is 1.31 bits per heavy atom. The van der Waals surface area contributed by atoms with Gasteiger partial charge in [-0.1, -0.05) is 18.2 Å². The van der Waals surface area contributed by atoms with Crippen LogP contribution in [-0.2, 0) is 0 Å². The molecule has 1 unspecified atom stereocenters. The molecule has 3 heteroatoms. The Balaban J connectivity index is 2.39. The van der Waals surface area contributed by atoms with E-state index < -0.39 is 0 Å². The van der Waals surface area contributed by atoms with Gasteiger partial charge in [-0.2, -0.15) is 0 Å². The lowest BCUT2D eigenvalue weighted by atomic mass is 10.3. The van der Waals surface area contributed by atoms with Gasteiger partial charge in [0.15, 0.2) is 0 Å². The highest BCUT2D eigenvalue weighted by molar-refractivity contribution is 5.44. The Kier molecular flexibility index (Phi) is 4.02.